The normalized spacial score (nSPS) is 20.8. The number of nitrogens with one attached hydrogen (secondary N) is 1. The molecule has 1 heterocycles. The summed E-state index contributed by atoms with van der Waals surface area (Å²) < 4.78 is 5.46. The summed E-state index contributed by atoms with van der Waals surface area (Å²) in [6.45, 7) is 11.0. The Morgan fingerprint density at radius 3 is 2.40 bits per heavy atom. The van der Waals surface area contributed by atoms with Crippen LogP contribution in [0.4, 0.5) is 0 Å². The minimum atomic E-state index is -0.00891. The van der Waals surface area contributed by atoms with Crippen molar-refractivity contribution in [3.63, 3.8) is 0 Å². The first kappa shape index (κ1) is 12.9. The molecule has 3 nitrogen and oxygen atoms in total. The zero-order valence-electron chi connectivity index (χ0n) is 10.7. The lowest BCUT2D eigenvalue weighted by Crippen LogP contribution is -2.47. The molecule has 0 atom stereocenters. The Kier molecular flexibility index (Phi) is 5.03. The zero-order valence-corrected chi connectivity index (χ0v) is 10.7. The lowest BCUT2D eigenvalue weighted by atomic mass is 10.0. The first-order valence-electron chi connectivity index (χ1n) is 6.08. The van der Waals surface area contributed by atoms with E-state index in [9.17, 15) is 0 Å². The smallest absolute Gasteiger partial charge is 0.0749 e. The molecule has 1 saturated heterocycles. The van der Waals surface area contributed by atoms with Gasteiger partial charge in [-0.15, -0.1) is 0 Å². The van der Waals surface area contributed by atoms with Crippen molar-refractivity contribution in [3.8, 4) is 0 Å². The summed E-state index contributed by atoms with van der Waals surface area (Å²) in [6.07, 6.45) is 2.54. The summed E-state index contributed by atoms with van der Waals surface area (Å²) in [7, 11) is 1.80. The van der Waals surface area contributed by atoms with E-state index >= 15 is 0 Å². The van der Waals surface area contributed by atoms with Gasteiger partial charge in [0, 0.05) is 19.7 Å². The van der Waals surface area contributed by atoms with Gasteiger partial charge in [0.1, 0.15) is 0 Å². The predicted molar refractivity (Wildman–Crippen MR) is 64.2 cm³/mol. The molecule has 1 N–H and O–H groups in total. The molecule has 0 unspecified atom stereocenters. The quantitative estimate of drug-likeness (QED) is 0.750. The van der Waals surface area contributed by atoms with Gasteiger partial charge in [0.2, 0.25) is 0 Å². The van der Waals surface area contributed by atoms with Crippen LogP contribution in [0.15, 0.2) is 0 Å². The number of hydrogen-bond donors (Lipinski definition) is 1. The van der Waals surface area contributed by atoms with Crippen LogP contribution in [-0.4, -0.2) is 49.8 Å². The zero-order chi connectivity index (χ0) is 11.3. The molecular formula is C12H26N2O. The molecule has 1 rings (SSSR count). The van der Waals surface area contributed by atoms with Crippen molar-refractivity contribution in [1.82, 2.24) is 10.2 Å². The van der Waals surface area contributed by atoms with Gasteiger partial charge in [-0.05, 0) is 46.3 Å². The van der Waals surface area contributed by atoms with Crippen LogP contribution >= 0.6 is 0 Å². The molecular weight excluding hydrogens is 188 g/mol. The monoisotopic (exact) mass is 214 g/mol. The fourth-order valence-electron chi connectivity index (χ4n) is 2.19. The third-order valence-electron chi connectivity index (χ3n) is 3.24. The third-order valence-corrected chi connectivity index (χ3v) is 3.24. The maximum absolute atomic E-state index is 5.46. The molecule has 0 radical (unpaired) electrons. The molecule has 0 aromatic rings. The van der Waals surface area contributed by atoms with Crippen LogP contribution in [0.2, 0.25) is 0 Å². The van der Waals surface area contributed by atoms with Crippen LogP contribution in [0.3, 0.4) is 0 Å². The minimum Gasteiger partial charge on any atom is -0.377 e. The molecule has 0 aliphatic carbocycles. The number of rotatable bonds is 5. The Morgan fingerprint density at radius 2 is 1.93 bits per heavy atom. The molecule has 1 fully saturated rings. The molecule has 0 spiro atoms. The number of piperidine rings is 1. The van der Waals surface area contributed by atoms with Crippen LogP contribution in [0.5, 0.6) is 0 Å². The van der Waals surface area contributed by atoms with Gasteiger partial charge in [-0.3, -0.25) is 0 Å². The molecule has 0 saturated carbocycles. The average molecular weight is 214 g/mol. The topological polar surface area (TPSA) is 24.5 Å². The summed E-state index contributed by atoms with van der Waals surface area (Å²) in [5.41, 5.74) is -0.00891. The average Bonchev–Trinajstić information content (AvgIpc) is 2.21. The second kappa shape index (κ2) is 5.83. The first-order valence-corrected chi connectivity index (χ1v) is 6.08. The van der Waals surface area contributed by atoms with Crippen molar-refractivity contribution in [1.29, 1.82) is 0 Å². The second-order valence-electron chi connectivity index (χ2n) is 5.07. The van der Waals surface area contributed by atoms with Crippen LogP contribution in [-0.2, 0) is 4.74 Å². The van der Waals surface area contributed by atoms with Crippen molar-refractivity contribution in [2.75, 3.05) is 33.3 Å². The molecule has 15 heavy (non-hydrogen) atoms. The number of likely N-dealkylation sites (tertiary alicyclic amines) is 1. The lowest BCUT2D eigenvalue weighted by Gasteiger charge is -2.36. The Hall–Kier alpha value is -0.120. The molecule has 0 aromatic carbocycles. The Labute approximate surface area is 94.2 Å². The molecule has 1 aliphatic heterocycles. The summed E-state index contributed by atoms with van der Waals surface area (Å²) in [6, 6.07) is 0.733. The highest BCUT2D eigenvalue weighted by molar-refractivity contribution is 4.81. The number of nitrogens with zero attached hydrogens (tertiary/aromatic N) is 1. The van der Waals surface area contributed by atoms with Gasteiger partial charge in [-0.25, -0.2) is 0 Å². The number of methoxy groups -OCH3 is 1. The van der Waals surface area contributed by atoms with Crippen molar-refractivity contribution in [2.45, 2.75) is 45.3 Å². The van der Waals surface area contributed by atoms with Gasteiger partial charge in [-0.1, -0.05) is 6.92 Å². The molecule has 3 heteroatoms. The Bertz CT molecular complexity index is 174. The van der Waals surface area contributed by atoms with E-state index in [1.165, 1.54) is 25.9 Å². The third kappa shape index (κ3) is 4.49. The maximum atomic E-state index is 5.46. The van der Waals surface area contributed by atoms with Gasteiger partial charge >= 0.3 is 0 Å². The van der Waals surface area contributed by atoms with E-state index in [0.717, 1.165) is 19.1 Å². The molecule has 1 aliphatic rings. The SMILES string of the molecule is CCNC1CCN(CC(C)(C)OC)CC1. The molecule has 0 aromatic heterocycles. The maximum Gasteiger partial charge on any atom is 0.0749 e. The first-order chi connectivity index (χ1) is 7.07. The van der Waals surface area contributed by atoms with Gasteiger partial charge in [0.05, 0.1) is 5.60 Å². The van der Waals surface area contributed by atoms with E-state index in [2.05, 4.69) is 31.0 Å². The largest absolute Gasteiger partial charge is 0.377 e. The van der Waals surface area contributed by atoms with E-state index in [1.807, 2.05) is 0 Å². The summed E-state index contributed by atoms with van der Waals surface area (Å²) in [5, 5.41) is 3.52. The lowest BCUT2D eigenvalue weighted by molar-refractivity contribution is -0.0131. The van der Waals surface area contributed by atoms with Gasteiger partial charge in [0.15, 0.2) is 0 Å². The Morgan fingerprint density at radius 1 is 1.33 bits per heavy atom. The number of ether oxygens (including phenoxy) is 1. The van der Waals surface area contributed by atoms with E-state index in [-0.39, 0.29) is 5.60 Å². The molecule has 90 valence electrons. The van der Waals surface area contributed by atoms with Crippen LogP contribution < -0.4 is 5.32 Å². The highest BCUT2D eigenvalue weighted by Crippen LogP contribution is 2.15. The van der Waals surface area contributed by atoms with Gasteiger partial charge in [-0.2, -0.15) is 0 Å². The predicted octanol–water partition coefficient (Wildman–Crippen LogP) is 1.49. The van der Waals surface area contributed by atoms with Crippen LogP contribution in [0, 0.1) is 0 Å². The fourth-order valence-corrected chi connectivity index (χ4v) is 2.19. The van der Waals surface area contributed by atoms with Crippen molar-refractivity contribution >= 4 is 0 Å². The molecule has 0 amide bonds. The standard InChI is InChI=1S/C12H26N2O/c1-5-13-11-6-8-14(9-7-11)10-12(2,3)15-4/h11,13H,5-10H2,1-4H3. The van der Waals surface area contributed by atoms with E-state index in [1.54, 1.807) is 7.11 Å². The van der Waals surface area contributed by atoms with Crippen LogP contribution in [0.1, 0.15) is 33.6 Å². The minimum absolute atomic E-state index is 0.00891. The number of hydrogen-bond acceptors (Lipinski definition) is 3. The highest BCUT2D eigenvalue weighted by Gasteiger charge is 2.24. The van der Waals surface area contributed by atoms with Crippen LogP contribution in [0.25, 0.3) is 0 Å². The highest BCUT2D eigenvalue weighted by atomic mass is 16.5. The summed E-state index contributed by atoms with van der Waals surface area (Å²) in [4.78, 5) is 2.51. The summed E-state index contributed by atoms with van der Waals surface area (Å²) >= 11 is 0. The van der Waals surface area contributed by atoms with Crippen molar-refractivity contribution in [2.24, 2.45) is 0 Å². The van der Waals surface area contributed by atoms with E-state index in [4.69, 9.17) is 4.74 Å². The fraction of sp³-hybridized carbons (Fsp3) is 1.00. The molecule has 0 bridgehead atoms. The Balaban J connectivity index is 2.25. The van der Waals surface area contributed by atoms with E-state index < -0.39 is 0 Å². The second-order valence-corrected chi connectivity index (χ2v) is 5.07. The van der Waals surface area contributed by atoms with Crippen molar-refractivity contribution < 1.29 is 4.74 Å². The van der Waals surface area contributed by atoms with Crippen molar-refractivity contribution in [3.05, 3.63) is 0 Å². The van der Waals surface area contributed by atoms with Gasteiger partial charge < -0.3 is 15.0 Å². The van der Waals surface area contributed by atoms with Gasteiger partial charge in [0.25, 0.3) is 0 Å². The summed E-state index contributed by atoms with van der Waals surface area (Å²) in [5.74, 6) is 0. The van der Waals surface area contributed by atoms with E-state index in [0.29, 0.717) is 0 Å².